The molecular formula is C17H22ClN5O. The van der Waals surface area contributed by atoms with Crippen LogP contribution >= 0.6 is 12.4 Å². The number of rotatable bonds is 3. The highest BCUT2D eigenvalue weighted by Crippen LogP contribution is 2.29. The van der Waals surface area contributed by atoms with Crippen LogP contribution in [0, 0.1) is 0 Å². The van der Waals surface area contributed by atoms with Crippen molar-refractivity contribution in [3.8, 4) is 5.69 Å². The van der Waals surface area contributed by atoms with E-state index in [1.165, 1.54) is 17.6 Å². The SMILES string of the molecule is CN(C(=O)c1cnn(-c2ccccc2)n1)C1CC2CCC(C1)N2.Cl. The molecule has 2 bridgehead atoms. The van der Waals surface area contributed by atoms with Gasteiger partial charge in [0.05, 0.1) is 11.9 Å². The maximum atomic E-state index is 12.7. The average molecular weight is 348 g/mol. The maximum Gasteiger partial charge on any atom is 0.276 e. The number of benzene rings is 1. The Morgan fingerprint density at radius 1 is 1.21 bits per heavy atom. The van der Waals surface area contributed by atoms with Gasteiger partial charge in [-0.05, 0) is 37.8 Å². The molecule has 4 rings (SSSR count). The van der Waals surface area contributed by atoms with E-state index in [1.807, 2.05) is 42.3 Å². The smallest absolute Gasteiger partial charge is 0.276 e. The number of hydrogen-bond acceptors (Lipinski definition) is 4. The van der Waals surface area contributed by atoms with Gasteiger partial charge in [-0.1, -0.05) is 18.2 Å². The van der Waals surface area contributed by atoms with Crippen molar-refractivity contribution in [2.24, 2.45) is 0 Å². The van der Waals surface area contributed by atoms with E-state index in [0.29, 0.717) is 23.8 Å². The molecule has 2 unspecified atom stereocenters. The molecule has 0 saturated carbocycles. The number of hydrogen-bond donors (Lipinski definition) is 1. The third-order valence-electron chi connectivity index (χ3n) is 5.01. The Labute approximate surface area is 147 Å². The van der Waals surface area contributed by atoms with Crippen LogP contribution in [0.15, 0.2) is 36.5 Å². The molecule has 2 atom stereocenters. The minimum Gasteiger partial charge on any atom is -0.337 e. The minimum absolute atomic E-state index is 0. The highest BCUT2D eigenvalue weighted by molar-refractivity contribution is 5.92. The third kappa shape index (κ3) is 3.16. The second-order valence-electron chi connectivity index (χ2n) is 6.53. The van der Waals surface area contributed by atoms with Gasteiger partial charge in [-0.25, -0.2) is 0 Å². The van der Waals surface area contributed by atoms with Crippen LogP contribution in [0.25, 0.3) is 5.69 Å². The van der Waals surface area contributed by atoms with Gasteiger partial charge >= 0.3 is 0 Å². The van der Waals surface area contributed by atoms with Gasteiger partial charge in [-0.3, -0.25) is 4.79 Å². The second kappa shape index (κ2) is 6.91. The van der Waals surface area contributed by atoms with Crippen LogP contribution in [-0.4, -0.2) is 51.0 Å². The first kappa shape index (κ1) is 16.9. The summed E-state index contributed by atoms with van der Waals surface area (Å²) in [7, 11) is 1.89. The standard InChI is InChI=1S/C17H21N5O.ClH/c1-21(15-9-12-7-8-13(10-15)19-12)17(23)16-11-18-22(20-16)14-5-3-2-4-6-14;/h2-6,11-13,15,19H,7-10H2,1H3;1H. The summed E-state index contributed by atoms with van der Waals surface area (Å²) in [5, 5.41) is 12.2. The molecule has 0 radical (unpaired) electrons. The molecule has 3 heterocycles. The van der Waals surface area contributed by atoms with E-state index in [0.717, 1.165) is 18.5 Å². The van der Waals surface area contributed by atoms with E-state index in [1.54, 1.807) is 6.20 Å². The molecule has 7 heteroatoms. The Morgan fingerprint density at radius 2 is 1.88 bits per heavy atom. The summed E-state index contributed by atoms with van der Waals surface area (Å²) in [6, 6.07) is 11.1. The van der Waals surface area contributed by atoms with Crippen LogP contribution in [-0.2, 0) is 0 Å². The lowest BCUT2D eigenvalue weighted by Gasteiger charge is -2.35. The number of nitrogens with zero attached hydrogens (tertiary/aromatic N) is 4. The normalized spacial score (nSPS) is 25.1. The monoisotopic (exact) mass is 347 g/mol. The summed E-state index contributed by atoms with van der Waals surface area (Å²) < 4.78 is 0. The molecule has 1 N–H and O–H groups in total. The number of fused-ring (bicyclic) bond motifs is 2. The average Bonchev–Trinajstić information content (AvgIpc) is 3.21. The molecule has 2 aliphatic rings. The van der Waals surface area contributed by atoms with Gasteiger partial charge in [-0.15, -0.1) is 17.5 Å². The minimum atomic E-state index is -0.0431. The topological polar surface area (TPSA) is 63.1 Å². The van der Waals surface area contributed by atoms with Crippen LogP contribution in [0.3, 0.4) is 0 Å². The number of nitrogens with one attached hydrogen (secondary N) is 1. The maximum absolute atomic E-state index is 12.7. The Kier molecular flexibility index (Phi) is 4.87. The number of carbonyl (C=O) groups excluding carboxylic acids is 1. The van der Waals surface area contributed by atoms with Gasteiger partial charge < -0.3 is 10.2 Å². The third-order valence-corrected chi connectivity index (χ3v) is 5.01. The molecule has 6 nitrogen and oxygen atoms in total. The van der Waals surface area contributed by atoms with Crippen LogP contribution in [0.5, 0.6) is 0 Å². The van der Waals surface area contributed by atoms with Crippen molar-refractivity contribution in [2.75, 3.05) is 7.05 Å². The molecule has 0 spiro atoms. The number of aromatic nitrogens is 3. The molecule has 1 aromatic carbocycles. The molecule has 24 heavy (non-hydrogen) atoms. The highest BCUT2D eigenvalue weighted by Gasteiger charge is 2.36. The van der Waals surface area contributed by atoms with Crippen molar-refractivity contribution in [1.82, 2.24) is 25.2 Å². The number of amides is 1. The lowest BCUT2D eigenvalue weighted by molar-refractivity contribution is 0.0675. The fourth-order valence-electron chi connectivity index (χ4n) is 3.74. The predicted molar refractivity (Wildman–Crippen MR) is 93.7 cm³/mol. The lowest BCUT2D eigenvalue weighted by Crippen LogP contribution is -2.48. The number of carbonyl (C=O) groups is 1. The van der Waals surface area contributed by atoms with E-state index in [9.17, 15) is 4.79 Å². The lowest BCUT2D eigenvalue weighted by atomic mass is 9.98. The Balaban J connectivity index is 0.00000169. The molecule has 0 aliphatic carbocycles. The van der Waals surface area contributed by atoms with Crippen molar-refractivity contribution in [2.45, 2.75) is 43.8 Å². The van der Waals surface area contributed by atoms with Crippen LogP contribution in [0.4, 0.5) is 0 Å². The molecule has 128 valence electrons. The molecular weight excluding hydrogens is 326 g/mol. The Bertz CT molecular complexity index is 692. The molecule has 2 fully saturated rings. The van der Waals surface area contributed by atoms with Gasteiger partial charge in [0, 0.05) is 25.2 Å². The largest absolute Gasteiger partial charge is 0.337 e. The summed E-state index contributed by atoms with van der Waals surface area (Å²) >= 11 is 0. The van der Waals surface area contributed by atoms with E-state index < -0.39 is 0 Å². The first-order valence-corrected chi connectivity index (χ1v) is 8.21. The molecule has 1 aromatic heterocycles. The van der Waals surface area contributed by atoms with Crippen molar-refractivity contribution in [3.63, 3.8) is 0 Å². The second-order valence-corrected chi connectivity index (χ2v) is 6.53. The Hall–Kier alpha value is -1.92. The van der Waals surface area contributed by atoms with Gasteiger partial charge in [-0.2, -0.15) is 9.90 Å². The zero-order valence-electron chi connectivity index (χ0n) is 13.6. The Morgan fingerprint density at radius 3 is 2.54 bits per heavy atom. The summed E-state index contributed by atoms with van der Waals surface area (Å²) in [6.07, 6.45) is 6.08. The zero-order chi connectivity index (χ0) is 15.8. The fourth-order valence-corrected chi connectivity index (χ4v) is 3.74. The van der Waals surface area contributed by atoms with Gasteiger partial charge in [0.25, 0.3) is 5.91 Å². The first-order chi connectivity index (χ1) is 11.2. The molecule has 2 saturated heterocycles. The van der Waals surface area contributed by atoms with Crippen molar-refractivity contribution >= 4 is 18.3 Å². The summed E-state index contributed by atoms with van der Waals surface area (Å²) in [5.41, 5.74) is 1.26. The van der Waals surface area contributed by atoms with Crippen LogP contribution in [0.1, 0.15) is 36.2 Å². The quantitative estimate of drug-likeness (QED) is 0.923. The van der Waals surface area contributed by atoms with Crippen molar-refractivity contribution < 1.29 is 4.79 Å². The van der Waals surface area contributed by atoms with E-state index in [-0.39, 0.29) is 18.3 Å². The summed E-state index contributed by atoms with van der Waals surface area (Å²) in [4.78, 5) is 16.1. The molecule has 2 aromatic rings. The van der Waals surface area contributed by atoms with Crippen LogP contribution < -0.4 is 5.32 Å². The summed E-state index contributed by atoms with van der Waals surface area (Å²) in [5.74, 6) is -0.0431. The number of para-hydroxylation sites is 1. The van der Waals surface area contributed by atoms with E-state index in [2.05, 4.69) is 15.5 Å². The zero-order valence-corrected chi connectivity index (χ0v) is 14.4. The molecule has 2 aliphatic heterocycles. The van der Waals surface area contributed by atoms with Gasteiger partial charge in [0.1, 0.15) is 0 Å². The van der Waals surface area contributed by atoms with Gasteiger partial charge in [0.2, 0.25) is 0 Å². The van der Waals surface area contributed by atoms with E-state index >= 15 is 0 Å². The highest BCUT2D eigenvalue weighted by atomic mass is 35.5. The van der Waals surface area contributed by atoms with E-state index in [4.69, 9.17) is 0 Å². The fraction of sp³-hybridized carbons (Fsp3) is 0.471. The first-order valence-electron chi connectivity index (χ1n) is 8.21. The van der Waals surface area contributed by atoms with Crippen molar-refractivity contribution in [1.29, 1.82) is 0 Å². The number of piperidine rings is 1. The summed E-state index contributed by atoms with van der Waals surface area (Å²) in [6.45, 7) is 0. The predicted octanol–water partition coefficient (Wildman–Crippen LogP) is 2.04. The number of halogens is 1. The van der Waals surface area contributed by atoms with Crippen LogP contribution in [0.2, 0.25) is 0 Å². The van der Waals surface area contributed by atoms with Gasteiger partial charge in [0.15, 0.2) is 5.69 Å². The van der Waals surface area contributed by atoms with Crippen molar-refractivity contribution in [3.05, 3.63) is 42.2 Å². The molecule has 1 amide bonds.